The molecule has 1 fully saturated rings. The minimum atomic E-state index is -0.533. The first-order valence-corrected chi connectivity index (χ1v) is 9.43. The van der Waals surface area contributed by atoms with E-state index in [-0.39, 0.29) is 36.0 Å². The Labute approximate surface area is 156 Å². The van der Waals surface area contributed by atoms with Gasteiger partial charge in [-0.05, 0) is 43.5 Å². The number of hydrogen-bond acceptors (Lipinski definition) is 5. The van der Waals surface area contributed by atoms with Crippen LogP contribution < -0.4 is 0 Å². The van der Waals surface area contributed by atoms with Crippen molar-refractivity contribution in [2.45, 2.75) is 44.4 Å². The van der Waals surface area contributed by atoms with E-state index in [1.54, 1.807) is 23.4 Å². The molecule has 6 nitrogen and oxygen atoms in total. The van der Waals surface area contributed by atoms with E-state index >= 15 is 0 Å². The highest BCUT2D eigenvalue weighted by Crippen LogP contribution is 2.46. The van der Waals surface area contributed by atoms with Crippen LogP contribution in [0.2, 0.25) is 0 Å². The van der Waals surface area contributed by atoms with Crippen LogP contribution in [-0.4, -0.2) is 27.7 Å². The smallest absolute Gasteiger partial charge is 0.290 e. The number of rotatable bonds is 3. The van der Waals surface area contributed by atoms with Gasteiger partial charge in [-0.1, -0.05) is 12.5 Å². The molecule has 0 N–H and O–H groups in total. The Morgan fingerprint density at radius 3 is 2.78 bits per heavy atom. The first-order chi connectivity index (χ1) is 13.2. The number of ether oxygens (including phenoxy) is 1. The van der Waals surface area contributed by atoms with Crippen LogP contribution in [0.5, 0.6) is 0 Å². The molecule has 4 heterocycles. The fraction of sp³-hybridized carbons (Fsp3) is 0.381. The molecule has 27 heavy (non-hydrogen) atoms. The second kappa shape index (κ2) is 6.37. The normalized spacial score (nSPS) is 27.4. The van der Waals surface area contributed by atoms with Crippen LogP contribution in [0.25, 0.3) is 0 Å². The van der Waals surface area contributed by atoms with Crippen molar-refractivity contribution in [3.05, 3.63) is 65.6 Å². The van der Waals surface area contributed by atoms with Gasteiger partial charge >= 0.3 is 0 Å². The number of ketones is 1. The Balaban J connectivity index is 1.59. The minimum Gasteiger partial charge on any atom is -0.483 e. The molecule has 0 saturated heterocycles. The molecule has 3 atom stereocenters. The van der Waals surface area contributed by atoms with Crippen LogP contribution in [0.3, 0.4) is 0 Å². The van der Waals surface area contributed by atoms with E-state index in [1.165, 1.54) is 0 Å². The summed E-state index contributed by atoms with van der Waals surface area (Å²) in [5, 5.41) is 0. The number of nitrogens with zero attached hydrogens (tertiary/aromatic N) is 2. The van der Waals surface area contributed by atoms with Crippen LogP contribution in [0.15, 0.2) is 58.5 Å². The maximum atomic E-state index is 13.4. The molecule has 2 aromatic rings. The number of aromatic nitrogens is 1. The first-order valence-electron chi connectivity index (χ1n) is 9.43. The predicted octanol–water partition coefficient (Wildman–Crippen LogP) is 3.17. The minimum absolute atomic E-state index is 0.0481. The van der Waals surface area contributed by atoms with Gasteiger partial charge in [-0.15, -0.1) is 0 Å². The molecule has 1 saturated carbocycles. The van der Waals surface area contributed by atoms with Gasteiger partial charge in [-0.2, -0.15) is 0 Å². The lowest BCUT2D eigenvalue weighted by atomic mass is 9.78. The monoisotopic (exact) mass is 364 g/mol. The van der Waals surface area contributed by atoms with Crippen molar-refractivity contribution >= 4 is 11.7 Å². The van der Waals surface area contributed by atoms with Gasteiger partial charge in [0.25, 0.3) is 5.91 Å². The van der Waals surface area contributed by atoms with Crippen molar-refractivity contribution in [1.29, 1.82) is 0 Å². The summed E-state index contributed by atoms with van der Waals surface area (Å²) in [4.78, 5) is 32.6. The Hall–Kier alpha value is -2.89. The molecule has 6 heteroatoms. The average molecular weight is 364 g/mol. The van der Waals surface area contributed by atoms with Crippen LogP contribution in [0.1, 0.15) is 43.2 Å². The summed E-state index contributed by atoms with van der Waals surface area (Å²) in [7, 11) is 0. The number of fused-ring (bicyclic) bond motifs is 1. The van der Waals surface area contributed by atoms with Gasteiger partial charge in [-0.3, -0.25) is 14.6 Å². The van der Waals surface area contributed by atoms with Gasteiger partial charge < -0.3 is 14.1 Å². The van der Waals surface area contributed by atoms with Crippen molar-refractivity contribution in [2.75, 3.05) is 0 Å². The Kier molecular flexibility index (Phi) is 3.85. The van der Waals surface area contributed by atoms with Gasteiger partial charge in [0.15, 0.2) is 11.5 Å². The Morgan fingerprint density at radius 1 is 1.11 bits per heavy atom. The molecule has 0 aromatic carbocycles. The van der Waals surface area contributed by atoms with Crippen molar-refractivity contribution < 1.29 is 18.7 Å². The molecule has 1 amide bonds. The number of Topliss-reactive ketones (excluding diaryl/α,β-unsaturated/α-hetero) is 1. The van der Waals surface area contributed by atoms with Crippen molar-refractivity contribution in [3.63, 3.8) is 0 Å². The number of hydrogen-bond donors (Lipinski definition) is 0. The van der Waals surface area contributed by atoms with E-state index in [0.29, 0.717) is 17.0 Å². The molecular formula is C21H20N2O4. The Bertz CT molecular complexity index is 904. The third-order valence-corrected chi connectivity index (χ3v) is 5.73. The van der Waals surface area contributed by atoms with Gasteiger partial charge in [-0.25, -0.2) is 0 Å². The van der Waals surface area contributed by atoms with Crippen LogP contribution in [0, 0.1) is 5.92 Å². The number of carbonyl (C=O) groups is 2. The zero-order chi connectivity index (χ0) is 18.4. The van der Waals surface area contributed by atoms with E-state index in [2.05, 4.69) is 4.98 Å². The average Bonchev–Trinajstić information content (AvgIpc) is 3.31. The standard InChI is InChI=1S/C21H20N2O4/c24-19-14-7-1-2-9-16(14)27-20-17(19)18(15-8-3-4-10-22-15)23(21(20)25)12-13-6-5-11-26-13/h3-6,8,10-11,14,16,18H,1-2,7,9,12H2. The first kappa shape index (κ1) is 16.3. The van der Waals surface area contributed by atoms with E-state index in [1.807, 2.05) is 24.3 Å². The van der Waals surface area contributed by atoms with Crippen LogP contribution in [-0.2, 0) is 20.9 Å². The fourth-order valence-electron chi connectivity index (χ4n) is 4.47. The topological polar surface area (TPSA) is 72.6 Å². The molecule has 0 radical (unpaired) electrons. The molecule has 3 aliphatic rings. The molecule has 5 rings (SSSR count). The number of pyridine rings is 1. The SMILES string of the molecule is O=C1C2=C(OC3CCCCC13)C(=O)N(Cc1ccco1)C2c1ccccn1. The molecular weight excluding hydrogens is 344 g/mol. The predicted molar refractivity (Wildman–Crippen MR) is 95.1 cm³/mol. The summed E-state index contributed by atoms with van der Waals surface area (Å²) in [6, 6.07) is 8.62. The molecule has 1 aliphatic carbocycles. The molecule has 138 valence electrons. The third kappa shape index (κ3) is 2.59. The van der Waals surface area contributed by atoms with E-state index < -0.39 is 6.04 Å². The summed E-state index contributed by atoms with van der Waals surface area (Å²) < 4.78 is 11.6. The molecule has 3 unspecified atom stereocenters. The summed E-state index contributed by atoms with van der Waals surface area (Å²) in [6.07, 6.45) is 6.79. The van der Waals surface area contributed by atoms with Crippen LogP contribution >= 0.6 is 0 Å². The fourth-order valence-corrected chi connectivity index (χ4v) is 4.47. The molecule has 0 spiro atoms. The highest BCUT2D eigenvalue weighted by Gasteiger charge is 2.52. The highest BCUT2D eigenvalue weighted by molar-refractivity contribution is 6.11. The van der Waals surface area contributed by atoms with Crippen molar-refractivity contribution in [2.24, 2.45) is 5.92 Å². The van der Waals surface area contributed by atoms with Crippen molar-refractivity contribution in [3.8, 4) is 0 Å². The highest BCUT2D eigenvalue weighted by atomic mass is 16.5. The quantitative estimate of drug-likeness (QED) is 0.836. The van der Waals surface area contributed by atoms with Gasteiger partial charge in [0.05, 0.1) is 30.0 Å². The maximum Gasteiger partial charge on any atom is 0.290 e. The van der Waals surface area contributed by atoms with Gasteiger partial charge in [0, 0.05) is 6.20 Å². The zero-order valence-electron chi connectivity index (χ0n) is 14.8. The summed E-state index contributed by atoms with van der Waals surface area (Å²) >= 11 is 0. The molecule has 2 aromatic heterocycles. The number of amides is 1. The number of furan rings is 1. The lowest BCUT2D eigenvalue weighted by Gasteiger charge is -2.35. The second-order valence-electron chi connectivity index (χ2n) is 7.32. The van der Waals surface area contributed by atoms with Gasteiger partial charge in [0.2, 0.25) is 0 Å². The number of carbonyl (C=O) groups excluding carboxylic acids is 2. The van der Waals surface area contributed by atoms with Crippen LogP contribution in [0.4, 0.5) is 0 Å². The molecule has 0 bridgehead atoms. The van der Waals surface area contributed by atoms with E-state index in [9.17, 15) is 9.59 Å². The lowest BCUT2D eigenvalue weighted by Crippen LogP contribution is -2.39. The summed E-state index contributed by atoms with van der Waals surface area (Å²) in [5.41, 5.74) is 1.14. The second-order valence-corrected chi connectivity index (χ2v) is 7.32. The van der Waals surface area contributed by atoms with E-state index in [0.717, 1.165) is 25.7 Å². The Morgan fingerprint density at radius 2 is 2.00 bits per heavy atom. The lowest BCUT2D eigenvalue weighted by molar-refractivity contribution is -0.135. The summed E-state index contributed by atoms with van der Waals surface area (Å²) in [5.74, 6) is 0.515. The van der Waals surface area contributed by atoms with Crippen molar-refractivity contribution in [1.82, 2.24) is 9.88 Å². The zero-order valence-corrected chi connectivity index (χ0v) is 14.8. The molecule has 2 aliphatic heterocycles. The largest absolute Gasteiger partial charge is 0.483 e. The third-order valence-electron chi connectivity index (χ3n) is 5.73. The maximum absolute atomic E-state index is 13.4. The van der Waals surface area contributed by atoms with Gasteiger partial charge in [0.1, 0.15) is 17.9 Å². The van der Waals surface area contributed by atoms with E-state index in [4.69, 9.17) is 9.15 Å². The summed E-state index contributed by atoms with van der Waals surface area (Å²) in [6.45, 7) is 0.270.